The molecule has 142 valence electrons. The molecule has 2 aromatic carbocycles. The van der Waals surface area contributed by atoms with Gasteiger partial charge in [-0.25, -0.2) is 9.97 Å². The van der Waals surface area contributed by atoms with Crippen molar-refractivity contribution in [1.82, 2.24) is 15.0 Å². The molecule has 1 amide bonds. The number of pyridine rings is 1. The predicted molar refractivity (Wildman–Crippen MR) is 114 cm³/mol. The highest BCUT2D eigenvalue weighted by atomic mass is 35.5. The van der Waals surface area contributed by atoms with Gasteiger partial charge in [0, 0.05) is 46.7 Å². The van der Waals surface area contributed by atoms with Crippen LogP contribution in [-0.4, -0.2) is 20.9 Å². The van der Waals surface area contributed by atoms with Crippen LogP contribution in [0.4, 0.5) is 23.0 Å². The average molecular weight is 402 g/mol. The molecule has 0 atom stereocenters. The first-order valence-corrected chi connectivity index (χ1v) is 9.23. The lowest BCUT2D eigenvalue weighted by Gasteiger charge is -2.22. The maximum absolute atomic E-state index is 12.4. The molecule has 0 unspecified atom stereocenters. The van der Waals surface area contributed by atoms with Crippen molar-refractivity contribution in [3.05, 3.63) is 102 Å². The highest BCUT2D eigenvalue weighted by molar-refractivity contribution is 6.30. The van der Waals surface area contributed by atoms with Crippen LogP contribution in [0.3, 0.4) is 0 Å². The lowest BCUT2D eigenvalue weighted by atomic mass is 10.2. The molecule has 2 aromatic heterocycles. The molecule has 2 heterocycles. The van der Waals surface area contributed by atoms with E-state index in [1.54, 1.807) is 55.1 Å². The molecule has 0 aliphatic carbocycles. The van der Waals surface area contributed by atoms with Crippen LogP contribution in [-0.2, 0) is 0 Å². The molecule has 6 nitrogen and oxygen atoms in total. The van der Waals surface area contributed by atoms with Crippen molar-refractivity contribution in [3.8, 4) is 0 Å². The predicted octanol–water partition coefficient (Wildman–Crippen LogP) is 5.25. The van der Waals surface area contributed by atoms with E-state index in [0.29, 0.717) is 22.2 Å². The first kappa shape index (κ1) is 18.6. The molecule has 4 aromatic rings. The fourth-order valence-electron chi connectivity index (χ4n) is 2.78. The molecule has 29 heavy (non-hydrogen) atoms. The Morgan fingerprint density at radius 3 is 2.07 bits per heavy atom. The number of carbonyl (C=O) groups is 1. The first-order chi connectivity index (χ1) is 14.2. The number of nitrogens with one attached hydrogen (secondary N) is 1. The van der Waals surface area contributed by atoms with Crippen molar-refractivity contribution in [2.75, 3.05) is 10.2 Å². The van der Waals surface area contributed by atoms with E-state index >= 15 is 0 Å². The summed E-state index contributed by atoms with van der Waals surface area (Å²) in [5.74, 6) is 0.337. The average Bonchev–Trinajstić information content (AvgIpc) is 2.77. The Balaban J connectivity index is 1.59. The molecule has 0 radical (unpaired) electrons. The number of hydrogen-bond acceptors (Lipinski definition) is 5. The van der Waals surface area contributed by atoms with Gasteiger partial charge >= 0.3 is 0 Å². The molecule has 4 rings (SSSR count). The molecule has 1 N–H and O–H groups in total. The topological polar surface area (TPSA) is 71.0 Å². The maximum Gasteiger partial charge on any atom is 0.255 e. The molecular weight excluding hydrogens is 386 g/mol. The van der Waals surface area contributed by atoms with Crippen molar-refractivity contribution < 1.29 is 4.79 Å². The van der Waals surface area contributed by atoms with Gasteiger partial charge in [0.2, 0.25) is 5.95 Å². The third kappa shape index (κ3) is 4.39. The Kier molecular flexibility index (Phi) is 5.45. The highest BCUT2D eigenvalue weighted by Crippen LogP contribution is 2.32. The zero-order valence-electron chi connectivity index (χ0n) is 15.2. The van der Waals surface area contributed by atoms with E-state index < -0.39 is 0 Å². The Morgan fingerprint density at radius 2 is 1.41 bits per heavy atom. The van der Waals surface area contributed by atoms with Crippen LogP contribution in [0.25, 0.3) is 0 Å². The summed E-state index contributed by atoms with van der Waals surface area (Å²) in [7, 11) is 0. The normalized spacial score (nSPS) is 10.4. The molecule has 7 heteroatoms. The van der Waals surface area contributed by atoms with Gasteiger partial charge in [0.1, 0.15) is 0 Å². The Morgan fingerprint density at radius 1 is 0.793 bits per heavy atom. The van der Waals surface area contributed by atoms with Crippen LogP contribution in [0.2, 0.25) is 5.02 Å². The second kappa shape index (κ2) is 8.50. The van der Waals surface area contributed by atoms with E-state index in [0.717, 1.165) is 11.4 Å². The van der Waals surface area contributed by atoms with Gasteiger partial charge in [0.25, 0.3) is 5.91 Å². The number of rotatable bonds is 5. The van der Waals surface area contributed by atoms with E-state index in [4.69, 9.17) is 11.6 Å². The second-order valence-corrected chi connectivity index (χ2v) is 6.53. The highest BCUT2D eigenvalue weighted by Gasteiger charge is 2.14. The lowest BCUT2D eigenvalue weighted by Crippen LogP contribution is -2.14. The van der Waals surface area contributed by atoms with Crippen LogP contribution in [0.5, 0.6) is 0 Å². The lowest BCUT2D eigenvalue weighted by molar-refractivity contribution is 0.102. The number of aromatic nitrogens is 3. The van der Waals surface area contributed by atoms with Crippen molar-refractivity contribution in [3.63, 3.8) is 0 Å². The zero-order valence-corrected chi connectivity index (χ0v) is 16.0. The van der Waals surface area contributed by atoms with Gasteiger partial charge in [-0.15, -0.1) is 0 Å². The SMILES string of the molecule is O=C(Nc1ccc(N(c2ccncc2)c2ncccn2)cc1)c1ccc(Cl)cc1. The van der Waals surface area contributed by atoms with Gasteiger partial charge < -0.3 is 5.32 Å². The third-order valence-electron chi connectivity index (χ3n) is 4.16. The zero-order chi connectivity index (χ0) is 20.1. The van der Waals surface area contributed by atoms with Gasteiger partial charge in [0.15, 0.2) is 0 Å². The molecular formula is C22H16ClN5O. The van der Waals surface area contributed by atoms with Crippen LogP contribution >= 0.6 is 11.6 Å². The molecule has 0 aliphatic heterocycles. The quantitative estimate of drug-likeness (QED) is 0.494. The van der Waals surface area contributed by atoms with E-state index in [2.05, 4.69) is 20.3 Å². The number of carbonyl (C=O) groups excluding carboxylic acids is 1. The van der Waals surface area contributed by atoms with E-state index in [1.807, 2.05) is 41.3 Å². The summed E-state index contributed by atoms with van der Waals surface area (Å²) >= 11 is 5.87. The maximum atomic E-state index is 12.4. The van der Waals surface area contributed by atoms with Crippen LogP contribution < -0.4 is 10.2 Å². The number of benzene rings is 2. The largest absolute Gasteiger partial charge is 0.322 e. The van der Waals surface area contributed by atoms with Gasteiger partial charge in [0.05, 0.1) is 5.69 Å². The van der Waals surface area contributed by atoms with Crippen LogP contribution in [0.1, 0.15) is 10.4 Å². The van der Waals surface area contributed by atoms with Crippen LogP contribution in [0, 0.1) is 0 Å². The summed E-state index contributed by atoms with van der Waals surface area (Å²) < 4.78 is 0. The number of nitrogens with zero attached hydrogens (tertiary/aromatic N) is 4. The smallest absolute Gasteiger partial charge is 0.255 e. The summed E-state index contributed by atoms with van der Waals surface area (Å²) in [6.07, 6.45) is 6.81. The molecule has 0 saturated heterocycles. The number of hydrogen-bond donors (Lipinski definition) is 1. The fraction of sp³-hybridized carbons (Fsp3) is 0. The summed E-state index contributed by atoms with van der Waals surface area (Å²) in [5, 5.41) is 3.47. The second-order valence-electron chi connectivity index (χ2n) is 6.10. The van der Waals surface area contributed by atoms with Crippen LogP contribution in [0.15, 0.2) is 91.5 Å². The Hall–Kier alpha value is -3.77. The third-order valence-corrected chi connectivity index (χ3v) is 4.41. The van der Waals surface area contributed by atoms with Gasteiger partial charge in [-0.05, 0) is 66.7 Å². The molecule has 0 bridgehead atoms. The minimum Gasteiger partial charge on any atom is -0.322 e. The van der Waals surface area contributed by atoms with Crippen molar-refractivity contribution in [2.24, 2.45) is 0 Å². The number of halogens is 1. The molecule has 0 aliphatic rings. The van der Waals surface area contributed by atoms with E-state index in [9.17, 15) is 4.79 Å². The van der Waals surface area contributed by atoms with Crippen molar-refractivity contribution in [1.29, 1.82) is 0 Å². The van der Waals surface area contributed by atoms with Gasteiger partial charge in [-0.2, -0.15) is 0 Å². The minimum absolute atomic E-state index is 0.202. The minimum atomic E-state index is -0.202. The molecule has 0 fully saturated rings. The summed E-state index contributed by atoms with van der Waals surface area (Å²) in [6, 6.07) is 19.7. The van der Waals surface area contributed by atoms with E-state index in [-0.39, 0.29) is 5.91 Å². The molecule has 0 spiro atoms. The van der Waals surface area contributed by atoms with E-state index in [1.165, 1.54) is 0 Å². The first-order valence-electron chi connectivity index (χ1n) is 8.85. The summed E-state index contributed by atoms with van der Waals surface area (Å²) in [6.45, 7) is 0. The summed E-state index contributed by atoms with van der Waals surface area (Å²) in [4.78, 5) is 27.1. The monoisotopic (exact) mass is 401 g/mol. The Labute approximate surface area is 172 Å². The Bertz CT molecular complexity index is 1050. The fourth-order valence-corrected chi connectivity index (χ4v) is 2.90. The standard InChI is InChI=1S/C22H16ClN5O/c23-17-4-2-16(3-5-17)21(29)27-18-6-8-19(9-7-18)28(20-10-14-24-15-11-20)22-25-12-1-13-26-22/h1-15H,(H,27,29). The number of anilines is 4. The summed E-state index contributed by atoms with van der Waals surface area (Å²) in [5.41, 5.74) is 2.95. The number of amides is 1. The van der Waals surface area contributed by atoms with Crippen molar-refractivity contribution in [2.45, 2.75) is 0 Å². The van der Waals surface area contributed by atoms with Crippen molar-refractivity contribution >= 4 is 40.5 Å². The molecule has 0 saturated carbocycles. The van der Waals surface area contributed by atoms with Gasteiger partial charge in [-0.1, -0.05) is 11.6 Å². The van der Waals surface area contributed by atoms with Gasteiger partial charge in [-0.3, -0.25) is 14.7 Å².